The van der Waals surface area contributed by atoms with E-state index in [1.807, 2.05) is 0 Å². The van der Waals surface area contributed by atoms with Gasteiger partial charge in [-0.2, -0.15) is 0 Å². The minimum Gasteiger partial charge on any atom is -0.347 e. The number of hydrogen-bond acceptors (Lipinski definition) is 5. The summed E-state index contributed by atoms with van der Waals surface area (Å²) in [5, 5.41) is 2.70. The standard InChI is InChI=1S/C11H15N3O3S/c1-7-5-10(13-8(2)12-7)11(15)14-9-3-4-18(16,17)6-9/h5,9H,3-4,6H2,1-2H3,(H,14,15). The molecule has 0 aliphatic carbocycles. The predicted octanol–water partition coefficient (Wildman–Crippen LogP) is 0.0103. The molecule has 7 heteroatoms. The fourth-order valence-electron chi connectivity index (χ4n) is 2.00. The number of aryl methyl sites for hydroxylation is 2. The highest BCUT2D eigenvalue weighted by Crippen LogP contribution is 2.12. The lowest BCUT2D eigenvalue weighted by Gasteiger charge is -2.10. The van der Waals surface area contributed by atoms with Gasteiger partial charge in [0.2, 0.25) is 0 Å². The fourth-order valence-corrected chi connectivity index (χ4v) is 3.67. The molecule has 2 heterocycles. The van der Waals surface area contributed by atoms with Gasteiger partial charge in [-0.1, -0.05) is 0 Å². The number of nitrogens with zero attached hydrogens (tertiary/aromatic N) is 2. The summed E-state index contributed by atoms with van der Waals surface area (Å²) in [5.41, 5.74) is 0.996. The van der Waals surface area contributed by atoms with Crippen molar-refractivity contribution in [2.45, 2.75) is 26.3 Å². The third-order valence-electron chi connectivity index (χ3n) is 2.77. The Morgan fingerprint density at radius 1 is 1.39 bits per heavy atom. The van der Waals surface area contributed by atoms with Crippen LogP contribution in [0.4, 0.5) is 0 Å². The van der Waals surface area contributed by atoms with Gasteiger partial charge in [-0.3, -0.25) is 4.79 Å². The number of amides is 1. The Bertz CT molecular complexity index is 563. The van der Waals surface area contributed by atoms with E-state index in [2.05, 4.69) is 15.3 Å². The van der Waals surface area contributed by atoms with Gasteiger partial charge >= 0.3 is 0 Å². The van der Waals surface area contributed by atoms with Crippen LogP contribution in [0, 0.1) is 13.8 Å². The summed E-state index contributed by atoms with van der Waals surface area (Å²) in [6.45, 7) is 3.50. The normalized spacial score (nSPS) is 21.8. The molecule has 0 bridgehead atoms. The molecule has 98 valence electrons. The molecule has 1 fully saturated rings. The van der Waals surface area contributed by atoms with E-state index in [0.29, 0.717) is 17.9 Å². The van der Waals surface area contributed by atoms with Gasteiger partial charge in [0.05, 0.1) is 11.5 Å². The molecule has 6 nitrogen and oxygen atoms in total. The molecular formula is C11H15N3O3S. The van der Waals surface area contributed by atoms with Crippen LogP contribution in [0.1, 0.15) is 28.4 Å². The first kappa shape index (κ1) is 12.9. The van der Waals surface area contributed by atoms with Crippen LogP contribution in [-0.2, 0) is 9.84 Å². The van der Waals surface area contributed by atoms with Crippen LogP contribution in [0.25, 0.3) is 0 Å². The van der Waals surface area contributed by atoms with Crippen molar-refractivity contribution in [3.63, 3.8) is 0 Å². The summed E-state index contributed by atoms with van der Waals surface area (Å²) in [6, 6.07) is 1.28. The topological polar surface area (TPSA) is 89.0 Å². The van der Waals surface area contributed by atoms with E-state index in [4.69, 9.17) is 0 Å². The van der Waals surface area contributed by atoms with Gasteiger partial charge in [0.1, 0.15) is 11.5 Å². The number of rotatable bonds is 2. The van der Waals surface area contributed by atoms with Crippen LogP contribution in [-0.4, -0.2) is 41.8 Å². The first-order valence-corrected chi connectivity index (χ1v) is 7.51. The highest BCUT2D eigenvalue weighted by atomic mass is 32.2. The molecule has 0 aromatic carbocycles. The second-order valence-corrected chi connectivity index (χ2v) is 6.74. The van der Waals surface area contributed by atoms with Crippen LogP contribution < -0.4 is 5.32 Å². The summed E-state index contributed by atoms with van der Waals surface area (Å²) in [4.78, 5) is 20.0. The van der Waals surface area contributed by atoms with E-state index in [-0.39, 0.29) is 29.1 Å². The van der Waals surface area contributed by atoms with Gasteiger partial charge in [-0.15, -0.1) is 0 Å². The molecule has 1 aliphatic heterocycles. The Labute approximate surface area is 106 Å². The molecule has 1 saturated heterocycles. The molecule has 1 N–H and O–H groups in total. The zero-order valence-electron chi connectivity index (χ0n) is 10.3. The van der Waals surface area contributed by atoms with E-state index in [0.717, 1.165) is 0 Å². The zero-order chi connectivity index (χ0) is 13.3. The van der Waals surface area contributed by atoms with Crippen molar-refractivity contribution in [2.75, 3.05) is 11.5 Å². The molecular weight excluding hydrogens is 254 g/mol. The molecule has 1 aromatic rings. The maximum absolute atomic E-state index is 11.9. The average Bonchev–Trinajstić information content (AvgIpc) is 2.56. The van der Waals surface area contributed by atoms with Crippen molar-refractivity contribution < 1.29 is 13.2 Å². The molecule has 1 atom stereocenters. The maximum Gasteiger partial charge on any atom is 0.270 e. The van der Waals surface area contributed by atoms with Gasteiger partial charge in [-0.25, -0.2) is 18.4 Å². The van der Waals surface area contributed by atoms with E-state index in [1.165, 1.54) is 0 Å². The lowest BCUT2D eigenvalue weighted by Crippen LogP contribution is -2.36. The number of aromatic nitrogens is 2. The third kappa shape index (κ3) is 3.04. The molecule has 0 saturated carbocycles. The summed E-state index contributed by atoms with van der Waals surface area (Å²) in [6.07, 6.45) is 0.469. The average molecular weight is 269 g/mol. The van der Waals surface area contributed by atoms with Crippen molar-refractivity contribution in [1.29, 1.82) is 0 Å². The lowest BCUT2D eigenvalue weighted by atomic mass is 10.2. The minimum absolute atomic E-state index is 0.0157. The second-order valence-electron chi connectivity index (χ2n) is 4.52. The van der Waals surface area contributed by atoms with Gasteiger partial charge in [0.25, 0.3) is 5.91 Å². The van der Waals surface area contributed by atoms with E-state index < -0.39 is 9.84 Å². The van der Waals surface area contributed by atoms with Crippen LogP contribution in [0.2, 0.25) is 0 Å². The summed E-state index contributed by atoms with van der Waals surface area (Å²) >= 11 is 0. The highest BCUT2D eigenvalue weighted by Gasteiger charge is 2.29. The highest BCUT2D eigenvalue weighted by molar-refractivity contribution is 7.91. The van der Waals surface area contributed by atoms with Gasteiger partial charge in [0.15, 0.2) is 9.84 Å². The van der Waals surface area contributed by atoms with E-state index in [1.54, 1.807) is 19.9 Å². The Morgan fingerprint density at radius 3 is 2.67 bits per heavy atom. The molecule has 1 aliphatic rings. The summed E-state index contributed by atoms with van der Waals surface area (Å²) in [5.74, 6) is 0.339. The first-order chi connectivity index (χ1) is 8.35. The van der Waals surface area contributed by atoms with Gasteiger partial charge in [-0.05, 0) is 26.3 Å². The van der Waals surface area contributed by atoms with Crippen molar-refractivity contribution in [3.8, 4) is 0 Å². The Morgan fingerprint density at radius 2 is 2.11 bits per heavy atom. The Balaban J connectivity index is 2.08. The van der Waals surface area contributed by atoms with Gasteiger partial charge in [0, 0.05) is 11.7 Å². The molecule has 1 aromatic heterocycles. The first-order valence-electron chi connectivity index (χ1n) is 5.69. The molecule has 2 rings (SSSR count). The minimum atomic E-state index is -2.99. The predicted molar refractivity (Wildman–Crippen MR) is 66.0 cm³/mol. The van der Waals surface area contributed by atoms with E-state index >= 15 is 0 Å². The van der Waals surface area contributed by atoms with Crippen molar-refractivity contribution in [1.82, 2.24) is 15.3 Å². The van der Waals surface area contributed by atoms with Crippen LogP contribution >= 0.6 is 0 Å². The molecule has 1 amide bonds. The third-order valence-corrected chi connectivity index (χ3v) is 4.53. The van der Waals surface area contributed by atoms with E-state index in [9.17, 15) is 13.2 Å². The monoisotopic (exact) mass is 269 g/mol. The molecule has 0 radical (unpaired) electrons. The van der Waals surface area contributed by atoms with Crippen LogP contribution in [0.3, 0.4) is 0 Å². The SMILES string of the molecule is Cc1cc(C(=O)NC2CCS(=O)(=O)C2)nc(C)n1. The summed E-state index contributed by atoms with van der Waals surface area (Å²) < 4.78 is 22.6. The number of sulfone groups is 1. The number of hydrogen-bond donors (Lipinski definition) is 1. The summed E-state index contributed by atoms with van der Waals surface area (Å²) in [7, 11) is -2.99. The maximum atomic E-state index is 11.9. The largest absolute Gasteiger partial charge is 0.347 e. The number of carbonyl (C=O) groups is 1. The lowest BCUT2D eigenvalue weighted by molar-refractivity contribution is 0.0935. The number of carbonyl (C=O) groups excluding carboxylic acids is 1. The van der Waals surface area contributed by atoms with Crippen LogP contribution in [0.5, 0.6) is 0 Å². The molecule has 0 spiro atoms. The van der Waals surface area contributed by atoms with Crippen LogP contribution in [0.15, 0.2) is 6.07 Å². The second kappa shape index (κ2) is 4.64. The fraction of sp³-hybridized carbons (Fsp3) is 0.545. The smallest absolute Gasteiger partial charge is 0.270 e. The van der Waals surface area contributed by atoms with Gasteiger partial charge < -0.3 is 5.32 Å². The zero-order valence-corrected chi connectivity index (χ0v) is 11.1. The quantitative estimate of drug-likeness (QED) is 0.817. The molecule has 1 unspecified atom stereocenters. The Kier molecular flexibility index (Phi) is 3.34. The van der Waals surface area contributed by atoms with Crippen molar-refractivity contribution in [3.05, 3.63) is 23.3 Å². The number of nitrogens with one attached hydrogen (secondary N) is 1. The molecule has 18 heavy (non-hydrogen) atoms. The Hall–Kier alpha value is -1.50. The van der Waals surface area contributed by atoms with Crippen molar-refractivity contribution >= 4 is 15.7 Å². The van der Waals surface area contributed by atoms with Crippen molar-refractivity contribution in [2.24, 2.45) is 0 Å².